The lowest BCUT2D eigenvalue weighted by molar-refractivity contribution is 0.714. The lowest BCUT2D eigenvalue weighted by Gasteiger charge is -2.29. The molecule has 12 rings (SSSR count). The molecule has 0 radical (unpaired) electrons. The van der Waals surface area contributed by atoms with Gasteiger partial charge < -0.3 is 4.90 Å². The Morgan fingerprint density at radius 2 is 0.806 bits per heavy atom. The number of para-hydroxylation sites is 1. The van der Waals surface area contributed by atoms with Crippen LogP contribution >= 0.6 is 0 Å². The van der Waals surface area contributed by atoms with Gasteiger partial charge in [-0.15, -0.1) is 0 Å². The third-order valence-electron chi connectivity index (χ3n) is 14.0. The molecular weight excluding hydrogens is 807 g/mol. The van der Waals surface area contributed by atoms with E-state index in [9.17, 15) is 0 Å². The zero-order valence-corrected chi connectivity index (χ0v) is 37.4. The van der Waals surface area contributed by atoms with Gasteiger partial charge >= 0.3 is 0 Å². The number of hydrogen-bond donors (Lipinski definition) is 0. The van der Waals surface area contributed by atoms with Crippen LogP contribution < -0.4 is 4.90 Å². The molecule has 1 atom stereocenters. The second-order valence-electron chi connectivity index (χ2n) is 17.8. The van der Waals surface area contributed by atoms with Gasteiger partial charge in [-0.2, -0.15) is 0 Å². The maximum Gasteiger partial charge on any atom is 0.0540 e. The number of benzene rings is 11. The number of hydrogen-bond acceptors (Lipinski definition) is 1. The molecule has 1 heteroatoms. The fraction of sp³-hybridized carbons (Fsp3) is 0.0303. The van der Waals surface area contributed by atoms with E-state index in [1.165, 1.54) is 83.1 Å². The molecule has 1 aliphatic rings. The molecule has 11 aromatic carbocycles. The Hall–Kier alpha value is -8.52. The van der Waals surface area contributed by atoms with Crippen LogP contribution in [-0.4, -0.2) is 0 Å². The topological polar surface area (TPSA) is 3.24 Å². The van der Waals surface area contributed by atoms with Crippen molar-refractivity contribution in [1.82, 2.24) is 0 Å². The highest BCUT2D eigenvalue weighted by molar-refractivity contribution is 5.98. The van der Waals surface area contributed by atoms with Gasteiger partial charge in [0, 0.05) is 22.4 Å². The van der Waals surface area contributed by atoms with Crippen LogP contribution in [0, 0.1) is 0 Å². The van der Waals surface area contributed by atoms with Crippen molar-refractivity contribution in [2.24, 2.45) is 0 Å². The zero-order chi connectivity index (χ0) is 44.7. The molecule has 0 fully saturated rings. The van der Waals surface area contributed by atoms with Gasteiger partial charge in [0.25, 0.3) is 0 Å². The van der Waals surface area contributed by atoms with Crippen LogP contribution in [0.25, 0.3) is 77.5 Å². The highest BCUT2D eigenvalue weighted by atomic mass is 15.1. The van der Waals surface area contributed by atoms with Crippen molar-refractivity contribution in [3.8, 4) is 66.8 Å². The van der Waals surface area contributed by atoms with Crippen molar-refractivity contribution < 1.29 is 0 Å². The Balaban J connectivity index is 0.975. The van der Waals surface area contributed by atoms with Crippen LogP contribution in [0.15, 0.2) is 267 Å². The highest BCUT2D eigenvalue weighted by Gasteiger charge is 2.41. The van der Waals surface area contributed by atoms with Crippen molar-refractivity contribution in [1.29, 1.82) is 0 Å². The summed E-state index contributed by atoms with van der Waals surface area (Å²) in [6.07, 6.45) is 0. The maximum atomic E-state index is 2.43. The Labute approximate surface area is 393 Å². The van der Waals surface area contributed by atoms with Crippen LogP contribution in [0.2, 0.25) is 0 Å². The Morgan fingerprint density at radius 1 is 0.299 bits per heavy atom. The molecule has 1 unspecified atom stereocenters. The van der Waals surface area contributed by atoms with Crippen LogP contribution in [0.4, 0.5) is 17.1 Å². The van der Waals surface area contributed by atoms with E-state index < -0.39 is 0 Å². The van der Waals surface area contributed by atoms with E-state index in [2.05, 4.69) is 279 Å². The first kappa shape index (κ1) is 40.0. The predicted octanol–water partition coefficient (Wildman–Crippen LogP) is 18.0. The Bertz CT molecular complexity index is 3570. The predicted molar refractivity (Wildman–Crippen MR) is 283 cm³/mol. The van der Waals surface area contributed by atoms with Crippen LogP contribution in [0.1, 0.15) is 23.6 Å². The molecule has 0 saturated heterocycles. The molecule has 0 spiro atoms. The molecule has 1 nitrogen and oxygen atoms in total. The molecule has 0 amide bonds. The van der Waals surface area contributed by atoms with Crippen molar-refractivity contribution in [3.05, 3.63) is 284 Å². The largest absolute Gasteiger partial charge is 0.310 e. The van der Waals surface area contributed by atoms with Crippen LogP contribution in [-0.2, 0) is 5.41 Å². The standard InChI is InChI=1S/C66H47N/c1-66(54-25-6-3-7-26-54)62-33-12-10-30-61(62)65-60(32-17-34-63(65)66)50-40-42-55(43-41-50)67(64-35-13-11-29-59(64)53-24-14-22-51(44-53)46-18-4-2-5-19-46)56-27-15-23-52(45-56)47-36-38-49(39-37-47)58-31-16-21-48-20-8-9-28-57(48)58/h2-45H,1H3. The monoisotopic (exact) mass is 853 g/mol. The van der Waals surface area contributed by atoms with Gasteiger partial charge in [-0.1, -0.05) is 231 Å². The quantitative estimate of drug-likeness (QED) is 0.140. The highest BCUT2D eigenvalue weighted by Crippen LogP contribution is 2.55. The third kappa shape index (κ3) is 7.04. The summed E-state index contributed by atoms with van der Waals surface area (Å²) >= 11 is 0. The Kier molecular flexibility index (Phi) is 10.0. The van der Waals surface area contributed by atoms with Gasteiger partial charge in [0.05, 0.1) is 5.69 Å². The number of rotatable bonds is 9. The molecule has 0 bridgehead atoms. The van der Waals surface area contributed by atoms with E-state index in [1.54, 1.807) is 0 Å². The minimum absolute atomic E-state index is 0.261. The van der Waals surface area contributed by atoms with Gasteiger partial charge in [0.1, 0.15) is 0 Å². The first-order chi connectivity index (χ1) is 33.1. The van der Waals surface area contributed by atoms with Gasteiger partial charge in [-0.05, 0) is 132 Å². The summed E-state index contributed by atoms with van der Waals surface area (Å²) in [5.41, 5.74) is 21.6. The molecule has 1 aliphatic carbocycles. The lowest BCUT2D eigenvalue weighted by atomic mass is 9.74. The van der Waals surface area contributed by atoms with Gasteiger partial charge in [-0.3, -0.25) is 0 Å². The number of anilines is 3. The number of fused-ring (bicyclic) bond motifs is 4. The minimum Gasteiger partial charge on any atom is -0.310 e. The second-order valence-corrected chi connectivity index (χ2v) is 17.8. The molecule has 0 aromatic heterocycles. The fourth-order valence-corrected chi connectivity index (χ4v) is 10.6. The smallest absolute Gasteiger partial charge is 0.0540 e. The van der Waals surface area contributed by atoms with Gasteiger partial charge in [0.15, 0.2) is 0 Å². The SMILES string of the molecule is CC1(c2ccccc2)c2ccccc2-c2c(-c3ccc(N(c4cccc(-c5ccc(-c6cccc7ccccc67)cc5)c4)c4ccccc4-c4cccc(-c5ccccc5)c4)cc3)cccc21. The molecule has 67 heavy (non-hydrogen) atoms. The Morgan fingerprint density at radius 3 is 1.63 bits per heavy atom. The summed E-state index contributed by atoms with van der Waals surface area (Å²) in [6, 6.07) is 97.7. The van der Waals surface area contributed by atoms with Crippen molar-refractivity contribution in [2.45, 2.75) is 12.3 Å². The van der Waals surface area contributed by atoms with E-state index in [4.69, 9.17) is 0 Å². The molecule has 316 valence electrons. The summed E-state index contributed by atoms with van der Waals surface area (Å²) in [7, 11) is 0. The lowest BCUT2D eigenvalue weighted by Crippen LogP contribution is -2.22. The van der Waals surface area contributed by atoms with Crippen LogP contribution in [0.5, 0.6) is 0 Å². The molecule has 11 aromatic rings. The van der Waals surface area contributed by atoms with E-state index in [1.807, 2.05) is 0 Å². The normalized spacial score (nSPS) is 13.8. The van der Waals surface area contributed by atoms with Crippen molar-refractivity contribution >= 4 is 27.8 Å². The summed E-state index contributed by atoms with van der Waals surface area (Å²) in [5, 5.41) is 2.52. The van der Waals surface area contributed by atoms with Crippen molar-refractivity contribution in [3.63, 3.8) is 0 Å². The average Bonchev–Trinajstić information content (AvgIpc) is 3.68. The maximum absolute atomic E-state index is 2.43. The molecule has 0 heterocycles. The van der Waals surface area contributed by atoms with Gasteiger partial charge in [-0.25, -0.2) is 0 Å². The van der Waals surface area contributed by atoms with E-state index >= 15 is 0 Å². The summed E-state index contributed by atoms with van der Waals surface area (Å²) in [5.74, 6) is 0. The van der Waals surface area contributed by atoms with E-state index in [0.29, 0.717) is 0 Å². The summed E-state index contributed by atoms with van der Waals surface area (Å²) < 4.78 is 0. The van der Waals surface area contributed by atoms with E-state index in [-0.39, 0.29) is 5.41 Å². The fourth-order valence-electron chi connectivity index (χ4n) is 10.6. The van der Waals surface area contributed by atoms with E-state index in [0.717, 1.165) is 28.2 Å². The molecular formula is C66H47N. The first-order valence-corrected chi connectivity index (χ1v) is 23.2. The first-order valence-electron chi connectivity index (χ1n) is 23.2. The molecule has 0 saturated carbocycles. The van der Waals surface area contributed by atoms with Gasteiger partial charge in [0.2, 0.25) is 0 Å². The van der Waals surface area contributed by atoms with Crippen LogP contribution in [0.3, 0.4) is 0 Å². The van der Waals surface area contributed by atoms with Crippen molar-refractivity contribution in [2.75, 3.05) is 4.90 Å². The second kappa shape index (κ2) is 16.8. The zero-order valence-electron chi connectivity index (χ0n) is 37.4. The third-order valence-corrected chi connectivity index (χ3v) is 14.0. The average molecular weight is 854 g/mol. The summed E-state index contributed by atoms with van der Waals surface area (Å²) in [4.78, 5) is 2.43. The molecule has 0 N–H and O–H groups in total. The minimum atomic E-state index is -0.261. The molecule has 0 aliphatic heterocycles. The number of nitrogens with zero attached hydrogens (tertiary/aromatic N) is 1. The summed E-state index contributed by atoms with van der Waals surface area (Å²) in [6.45, 7) is 2.39.